The van der Waals surface area contributed by atoms with Crippen LogP contribution in [0.3, 0.4) is 0 Å². The van der Waals surface area contributed by atoms with Gasteiger partial charge in [-0.2, -0.15) is 0 Å². The third-order valence-corrected chi connectivity index (χ3v) is 2.80. The van der Waals surface area contributed by atoms with E-state index >= 15 is 0 Å². The number of nitrogens with zero attached hydrogens (tertiary/aromatic N) is 1. The van der Waals surface area contributed by atoms with Crippen molar-refractivity contribution in [3.05, 3.63) is 48.2 Å². The molecule has 0 saturated heterocycles. The Morgan fingerprint density at radius 1 is 1.16 bits per heavy atom. The molecule has 0 saturated carbocycles. The zero-order valence-electron chi connectivity index (χ0n) is 11.5. The van der Waals surface area contributed by atoms with Crippen molar-refractivity contribution < 1.29 is 4.74 Å². The average molecular weight is 256 g/mol. The fraction of sp³-hybridized carbons (Fsp3) is 0.312. The van der Waals surface area contributed by atoms with Crippen molar-refractivity contribution in [3.8, 4) is 17.0 Å². The van der Waals surface area contributed by atoms with Crippen molar-refractivity contribution in [3.63, 3.8) is 0 Å². The number of nitrogens with two attached hydrogens (primary N) is 1. The van der Waals surface area contributed by atoms with Gasteiger partial charge in [0.1, 0.15) is 5.75 Å². The normalized spacial score (nSPS) is 10.7. The van der Waals surface area contributed by atoms with E-state index in [1.807, 2.05) is 50.4 Å². The molecule has 100 valence electrons. The summed E-state index contributed by atoms with van der Waals surface area (Å²) in [5, 5.41) is 0. The molecule has 2 aromatic rings. The molecule has 0 fully saturated rings. The lowest BCUT2D eigenvalue weighted by Gasteiger charge is -2.11. The van der Waals surface area contributed by atoms with Gasteiger partial charge in [-0.1, -0.05) is 6.07 Å². The van der Waals surface area contributed by atoms with Crippen LogP contribution in [0.5, 0.6) is 5.75 Å². The number of pyridine rings is 1. The highest BCUT2D eigenvalue weighted by Crippen LogP contribution is 2.24. The summed E-state index contributed by atoms with van der Waals surface area (Å²) in [6, 6.07) is 12.1. The van der Waals surface area contributed by atoms with Crippen LogP contribution in [0.2, 0.25) is 0 Å². The second-order valence-electron chi connectivity index (χ2n) is 4.74. The van der Waals surface area contributed by atoms with Gasteiger partial charge >= 0.3 is 0 Å². The van der Waals surface area contributed by atoms with Crippen molar-refractivity contribution in [2.24, 2.45) is 5.73 Å². The summed E-state index contributed by atoms with van der Waals surface area (Å²) < 4.78 is 5.64. The van der Waals surface area contributed by atoms with Gasteiger partial charge < -0.3 is 10.5 Å². The minimum atomic E-state index is 0.188. The summed E-state index contributed by atoms with van der Waals surface area (Å²) in [6.07, 6.45) is 2.84. The molecule has 1 aromatic carbocycles. The van der Waals surface area contributed by atoms with Gasteiger partial charge in [0.15, 0.2) is 0 Å². The minimum absolute atomic E-state index is 0.188. The van der Waals surface area contributed by atoms with Crippen LogP contribution in [-0.4, -0.2) is 17.6 Å². The van der Waals surface area contributed by atoms with E-state index in [9.17, 15) is 0 Å². The van der Waals surface area contributed by atoms with Crippen LogP contribution in [0.4, 0.5) is 0 Å². The van der Waals surface area contributed by atoms with Gasteiger partial charge in [-0.15, -0.1) is 0 Å². The van der Waals surface area contributed by atoms with E-state index in [1.54, 1.807) is 0 Å². The summed E-state index contributed by atoms with van der Waals surface area (Å²) in [6.45, 7) is 4.67. The van der Waals surface area contributed by atoms with E-state index in [1.165, 1.54) is 5.56 Å². The van der Waals surface area contributed by atoms with Gasteiger partial charge in [-0.3, -0.25) is 4.98 Å². The van der Waals surface area contributed by atoms with Gasteiger partial charge in [0.05, 0.1) is 11.8 Å². The zero-order chi connectivity index (χ0) is 13.7. The second-order valence-corrected chi connectivity index (χ2v) is 4.74. The molecular weight excluding hydrogens is 236 g/mol. The fourth-order valence-electron chi connectivity index (χ4n) is 2.02. The van der Waals surface area contributed by atoms with E-state index in [4.69, 9.17) is 10.5 Å². The lowest BCUT2D eigenvalue weighted by atomic mass is 10.0. The Hall–Kier alpha value is -1.87. The van der Waals surface area contributed by atoms with Crippen LogP contribution in [0, 0.1) is 0 Å². The van der Waals surface area contributed by atoms with Crippen molar-refractivity contribution in [1.29, 1.82) is 0 Å². The van der Waals surface area contributed by atoms with Crippen LogP contribution in [0.25, 0.3) is 11.3 Å². The molecule has 0 radical (unpaired) electrons. The smallest absolute Gasteiger partial charge is 0.119 e. The lowest BCUT2D eigenvalue weighted by Crippen LogP contribution is -2.06. The van der Waals surface area contributed by atoms with Crippen LogP contribution in [0.15, 0.2) is 42.6 Å². The molecule has 3 nitrogen and oxygen atoms in total. The van der Waals surface area contributed by atoms with E-state index in [0.29, 0.717) is 6.54 Å². The molecule has 0 aliphatic rings. The third-order valence-electron chi connectivity index (χ3n) is 2.80. The first-order chi connectivity index (χ1) is 9.20. The van der Waals surface area contributed by atoms with Gasteiger partial charge in [0.25, 0.3) is 0 Å². The molecule has 3 heteroatoms. The molecule has 0 bridgehead atoms. The highest BCUT2D eigenvalue weighted by atomic mass is 16.5. The Morgan fingerprint density at radius 3 is 2.53 bits per heavy atom. The van der Waals surface area contributed by atoms with E-state index in [-0.39, 0.29) is 6.10 Å². The minimum Gasteiger partial charge on any atom is -0.491 e. The zero-order valence-corrected chi connectivity index (χ0v) is 11.5. The van der Waals surface area contributed by atoms with Crippen LogP contribution in [0.1, 0.15) is 19.4 Å². The molecule has 0 aliphatic heterocycles. The van der Waals surface area contributed by atoms with Crippen molar-refractivity contribution in [2.45, 2.75) is 26.4 Å². The number of aromatic nitrogens is 1. The summed E-state index contributed by atoms with van der Waals surface area (Å²) in [5.74, 6) is 0.884. The van der Waals surface area contributed by atoms with Gasteiger partial charge in [0, 0.05) is 11.8 Å². The number of ether oxygens (including phenoxy) is 1. The maximum atomic E-state index is 5.64. The molecule has 19 heavy (non-hydrogen) atoms. The van der Waals surface area contributed by atoms with Crippen molar-refractivity contribution >= 4 is 0 Å². The third kappa shape index (κ3) is 3.55. The molecular formula is C16H20N2O. The SMILES string of the molecule is CC(C)Oc1ccc(-c2ncccc2CCN)cc1. The van der Waals surface area contributed by atoms with E-state index in [2.05, 4.69) is 11.1 Å². The number of benzene rings is 1. The topological polar surface area (TPSA) is 48.1 Å². The highest BCUT2D eigenvalue weighted by Gasteiger charge is 2.06. The van der Waals surface area contributed by atoms with Crippen LogP contribution >= 0.6 is 0 Å². The van der Waals surface area contributed by atoms with Crippen LogP contribution < -0.4 is 10.5 Å². The number of hydrogen-bond acceptors (Lipinski definition) is 3. The monoisotopic (exact) mass is 256 g/mol. The molecule has 0 atom stereocenters. The maximum Gasteiger partial charge on any atom is 0.119 e. The van der Waals surface area contributed by atoms with Gasteiger partial charge in [-0.25, -0.2) is 0 Å². The largest absolute Gasteiger partial charge is 0.491 e. The van der Waals surface area contributed by atoms with E-state index < -0.39 is 0 Å². The standard InChI is InChI=1S/C16H20N2O/c1-12(2)19-15-7-5-14(6-8-15)16-13(9-10-17)4-3-11-18-16/h3-8,11-12H,9-10,17H2,1-2H3. The molecule has 0 amide bonds. The van der Waals surface area contributed by atoms with Crippen molar-refractivity contribution in [2.75, 3.05) is 6.54 Å². The number of rotatable bonds is 5. The van der Waals surface area contributed by atoms with E-state index in [0.717, 1.165) is 23.4 Å². The number of hydrogen-bond donors (Lipinski definition) is 1. The predicted molar refractivity (Wildman–Crippen MR) is 78.2 cm³/mol. The predicted octanol–water partition coefficient (Wildman–Crippen LogP) is 3.04. The molecule has 1 heterocycles. The molecule has 1 aromatic heterocycles. The Kier molecular flexibility index (Phi) is 4.53. The van der Waals surface area contributed by atoms with Crippen LogP contribution in [-0.2, 0) is 6.42 Å². The second kappa shape index (κ2) is 6.34. The molecule has 2 rings (SSSR count). The highest BCUT2D eigenvalue weighted by molar-refractivity contribution is 5.63. The fourth-order valence-corrected chi connectivity index (χ4v) is 2.02. The van der Waals surface area contributed by atoms with Gasteiger partial charge in [0.2, 0.25) is 0 Å². The van der Waals surface area contributed by atoms with Gasteiger partial charge in [-0.05, 0) is 62.7 Å². The maximum absolute atomic E-state index is 5.64. The average Bonchev–Trinajstić information content (AvgIpc) is 2.40. The summed E-state index contributed by atoms with van der Waals surface area (Å²) in [5.41, 5.74) is 8.92. The Bertz CT molecular complexity index is 521. The Morgan fingerprint density at radius 2 is 1.89 bits per heavy atom. The lowest BCUT2D eigenvalue weighted by molar-refractivity contribution is 0.242. The van der Waals surface area contributed by atoms with Crippen molar-refractivity contribution in [1.82, 2.24) is 4.98 Å². The summed E-state index contributed by atoms with van der Waals surface area (Å²) in [7, 11) is 0. The first-order valence-corrected chi connectivity index (χ1v) is 6.61. The summed E-state index contributed by atoms with van der Waals surface area (Å²) >= 11 is 0. The molecule has 0 aliphatic carbocycles. The quantitative estimate of drug-likeness (QED) is 0.894. The Labute approximate surface area is 114 Å². The summed E-state index contributed by atoms with van der Waals surface area (Å²) in [4.78, 5) is 4.46. The molecule has 2 N–H and O–H groups in total. The molecule has 0 unspecified atom stereocenters. The first-order valence-electron chi connectivity index (χ1n) is 6.61. The molecule has 0 spiro atoms. The Balaban J connectivity index is 2.27. The first kappa shape index (κ1) is 13.6.